The van der Waals surface area contributed by atoms with Gasteiger partial charge in [0.2, 0.25) is 0 Å². The fraction of sp³-hybridized carbons (Fsp3) is 0.364. The van der Waals surface area contributed by atoms with Gasteiger partial charge in [0, 0.05) is 6.04 Å². The van der Waals surface area contributed by atoms with Gasteiger partial charge in [-0.1, -0.05) is 19.6 Å². The Morgan fingerprint density at radius 2 is 1.93 bits per heavy atom. The van der Waals surface area contributed by atoms with E-state index in [1.54, 1.807) is 0 Å². The summed E-state index contributed by atoms with van der Waals surface area (Å²) in [7, 11) is 0. The molecule has 0 fully saturated rings. The van der Waals surface area contributed by atoms with E-state index < -0.39 is 0 Å². The minimum absolute atomic E-state index is 0. The van der Waals surface area contributed by atoms with Crippen LogP contribution in [-0.2, 0) is 0 Å². The van der Waals surface area contributed by atoms with Crippen LogP contribution in [0.4, 0.5) is 0 Å². The molecule has 0 spiro atoms. The molecule has 2 nitrogen and oxygen atoms in total. The molecule has 0 N–H and O–H groups in total. The molecular weight excluding hydrogens is 194 g/mol. The molecule has 1 aromatic carbocycles. The molecule has 0 saturated heterocycles. The van der Waals surface area contributed by atoms with Crippen molar-refractivity contribution in [2.75, 3.05) is 0 Å². The van der Waals surface area contributed by atoms with Crippen molar-refractivity contribution in [3.05, 3.63) is 33.8 Å². The number of para-hydroxylation sites is 1. The maximum Gasteiger partial charge on any atom is 0.257 e. The maximum absolute atomic E-state index is 11.5. The Hall–Kier alpha value is -1.09. The summed E-state index contributed by atoms with van der Waals surface area (Å²) < 4.78 is 2.21. The van der Waals surface area contributed by atoms with Crippen molar-refractivity contribution >= 4 is 22.4 Å². The van der Waals surface area contributed by atoms with Crippen molar-refractivity contribution in [2.45, 2.75) is 27.3 Å². The van der Waals surface area contributed by atoms with Gasteiger partial charge in [0.1, 0.15) is 0 Å². The monoisotopic (exact) mass is 209 g/mol. The molecule has 2 rings (SSSR count). The third-order valence-electron chi connectivity index (χ3n) is 2.01. The number of aromatic nitrogens is 1. The van der Waals surface area contributed by atoms with Gasteiger partial charge in [0.05, 0.1) is 10.9 Å². The van der Waals surface area contributed by atoms with Gasteiger partial charge < -0.3 is 0 Å². The second kappa shape index (κ2) is 3.96. The second-order valence-electron chi connectivity index (χ2n) is 3.32. The summed E-state index contributed by atoms with van der Waals surface area (Å²) in [4.78, 5) is 11.5. The molecule has 76 valence electrons. The summed E-state index contributed by atoms with van der Waals surface area (Å²) in [6, 6.07) is 8.10. The highest BCUT2D eigenvalue weighted by Crippen LogP contribution is 2.18. The zero-order valence-corrected chi connectivity index (χ0v) is 8.47. The summed E-state index contributed by atoms with van der Waals surface area (Å²) in [6.45, 7) is 4.17. The maximum atomic E-state index is 11.5. The van der Waals surface area contributed by atoms with Crippen LogP contribution in [0.15, 0.2) is 29.1 Å². The van der Waals surface area contributed by atoms with Crippen molar-refractivity contribution in [1.82, 2.24) is 3.96 Å². The lowest BCUT2D eigenvalue weighted by Gasteiger charge is -2.05. The average Bonchev–Trinajstić information content (AvgIpc) is 2.45. The number of benzene rings is 1. The molecule has 0 radical (unpaired) electrons. The Kier molecular flexibility index (Phi) is 3.11. The molecule has 1 heterocycles. The molecule has 2 aromatic rings. The summed E-state index contributed by atoms with van der Waals surface area (Å²) in [5, 5.41) is 0.834. The molecule has 0 aliphatic heterocycles. The summed E-state index contributed by atoms with van der Waals surface area (Å²) in [5.41, 5.74) is 1.05. The first-order valence-electron chi connectivity index (χ1n) is 4.30. The fourth-order valence-electron chi connectivity index (χ4n) is 1.41. The van der Waals surface area contributed by atoms with E-state index in [1.807, 2.05) is 24.3 Å². The van der Waals surface area contributed by atoms with Gasteiger partial charge in [-0.2, -0.15) is 0 Å². The predicted octanol–water partition coefficient (Wildman–Crippen LogP) is 3.28. The van der Waals surface area contributed by atoms with Gasteiger partial charge in [-0.25, -0.2) is 0 Å². The highest BCUT2D eigenvalue weighted by molar-refractivity contribution is 7.05. The van der Waals surface area contributed by atoms with Crippen LogP contribution < -0.4 is 4.74 Å². The summed E-state index contributed by atoms with van der Waals surface area (Å²) in [5.74, 6) is 0. The van der Waals surface area contributed by atoms with Gasteiger partial charge in [-0.05, 0) is 37.5 Å². The molecule has 0 amide bonds. The molecule has 0 atom stereocenters. The summed E-state index contributed by atoms with van der Waals surface area (Å²) >= 11 is 1.30. The van der Waals surface area contributed by atoms with Crippen molar-refractivity contribution in [3.8, 4) is 0 Å². The topological polar surface area (TPSA) is 22.0 Å². The van der Waals surface area contributed by atoms with E-state index in [2.05, 4.69) is 17.8 Å². The number of hydrogen-bond donors (Lipinski definition) is 0. The zero-order chi connectivity index (χ0) is 9.42. The lowest BCUT2D eigenvalue weighted by atomic mass is 10.2. The largest absolute Gasteiger partial charge is 0.292 e. The molecule has 0 aliphatic carbocycles. The molecule has 1 aromatic heterocycles. The van der Waals surface area contributed by atoms with Crippen LogP contribution in [0.25, 0.3) is 10.9 Å². The SMILES string of the molecule is C.CC(C)n1sc(=O)c2ccccc21. The highest BCUT2D eigenvalue weighted by atomic mass is 32.1. The normalized spacial score (nSPS) is 10.5. The van der Waals surface area contributed by atoms with E-state index in [0.29, 0.717) is 6.04 Å². The van der Waals surface area contributed by atoms with Gasteiger partial charge in [0.25, 0.3) is 4.74 Å². The first-order valence-corrected chi connectivity index (χ1v) is 5.08. The molecule has 0 unspecified atom stereocenters. The van der Waals surface area contributed by atoms with E-state index in [9.17, 15) is 4.79 Å². The average molecular weight is 209 g/mol. The van der Waals surface area contributed by atoms with E-state index in [4.69, 9.17) is 0 Å². The molecule has 0 saturated carbocycles. The number of hydrogen-bond acceptors (Lipinski definition) is 2. The van der Waals surface area contributed by atoms with Crippen molar-refractivity contribution < 1.29 is 0 Å². The number of nitrogens with zero attached hydrogens (tertiary/aromatic N) is 1. The molecular formula is C11H15NOS. The first-order chi connectivity index (χ1) is 6.20. The van der Waals surface area contributed by atoms with Gasteiger partial charge >= 0.3 is 0 Å². The van der Waals surface area contributed by atoms with E-state index in [-0.39, 0.29) is 12.2 Å². The zero-order valence-electron chi connectivity index (χ0n) is 7.65. The van der Waals surface area contributed by atoms with Crippen LogP contribution in [0.1, 0.15) is 27.3 Å². The minimum Gasteiger partial charge on any atom is -0.292 e. The molecule has 0 aliphatic rings. The Morgan fingerprint density at radius 3 is 2.57 bits per heavy atom. The van der Waals surface area contributed by atoms with Crippen LogP contribution in [-0.4, -0.2) is 3.96 Å². The lowest BCUT2D eigenvalue weighted by molar-refractivity contribution is 0.669. The summed E-state index contributed by atoms with van der Waals surface area (Å²) in [6.07, 6.45) is 0. The minimum atomic E-state index is 0. The first kappa shape index (κ1) is 11.0. The number of rotatable bonds is 1. The molecule has 0 bridgehead atoms. The highest BCUT2D eigenvalue weighted by Gasteiger charge is 2.07. The Morgan fingerprint density at radius 1 is 1.29 bits per heavy atom. The van der Waals surface area contributed by atoms with Gasteiger partial charge in [-0.3, -0.25) is 8.75 Å². The standard InChI is InChI=1S/C10H11NOS.CH4/c1-7(2)11-9-6-4-3-5-8(9)10(12)13-11;/h3-7H,1-2H3;1H4. The Bertz CT molecular complexity index is 481. The third-order valence-corrected chi connectivity index (χ3v) is 3.21. The van der Waals surface area contributed by atoms with Crippen LogP contribution in [0.2, 0.25) is 0 Å². The number of fused-ring (bicyclic) bond motifs is 1. The van der Waals surface area contributed by atoms with Crippen molar-refractivity contribution in [3.63, 3.8) is 0 Å². The van der Waals surface area contributed by atoms with Gasteiger partial charge in [0.15, 0.2) is 0 Å². The van der Waals surface area contributed by atoms with Crippen molar-refractivity contribution in [2.24, 2.45) is 0 Å². The predicted molar refractivity (Wildman–Crippen MR) is 63.2 cm³/mol. The third kappa shape index (κ3) is 1.60. The van der Waals surface area contributed by atoms with Crippen LogP contribution >= 0.6 is 11.5 Å². The van der Waals surface area contributed by atoms with E-state index >= 15 is 0 Å². The molecule has 14 heavy (non-hydrogen) atoms. The smallest absolute Gasteiger partial charge is 0.257 e. The Balaban J connectivity index is 0.000000980. The quantitative estimate of drug-likeness (QED) is 0.706. The van der Waals surface area contributed by atoms with E-state index in [0.717, 1.165) is 10.9 Å². The van der Waals surface area contributed by atoms with Crippen LogP contribution in [0, 0.1) is 0 Å². The van der Waals surface area contributed by atoms with Crippen LogP contribution in [0.5, 0.6) is 0 Å². The van der Waals surface area contributed by atoms with E-state index in [1.165, 1.54) is 11.5 Å². The fourth-order valence-corrected chi connectivity index (χ4v) is 2.33. The van der Waals surface area contributed by atoms with Crippen LogP contribution in [0.3, 0.4) is 0 Å². The second-order valence-corrected chi connectivity index (χ2v) is 4.26. The lowest BCUT2D eigenvalue weighted by Crippen LogP contribution is -1.95. The van der Waals surface area contributed by atoms with Crippen molar-refractivity contribution in [1.29, 1.82) is 0 Å². The Labute approximate surface area is 88.0 Å². The molecule has 3 heteroatoms. The van der Waals surface area contributed by atoms with Gasteiger partial charge in [-0.15, -0.1) is 0 Å².